The Balaban J connectivity index is 2.64. The first-order valence-electron chi connectivity index (χ1n) is 5.65. The normalized spacial score (nSPS) is 11.2. The topological polar surface area (TPSA) is 26.3 Å². The van der Waals surface area contributed by atoms with Gasteiger partial charge in [-0.25, -0.2) is 8.78 Å². The minimum atomic E-state index is -3.09. The van der Waals surface area contributed by atoms with Crippen molar-refractivity contribution in [1.29, 1.82) is 0 Å². The van der Waals surface area contributed by atoms with Gasteiger partial charge < -0.3 is 9.53 Å². The van der Waals surface area contributed by atoms with Crippen molar-refractivity contribution in [2.45, 2.75) is 32.1 Å². The van der Waals surface area contributed by atoms with E-state index in [-0.39, 0.29) is 11.8 Å². The van der Waals surface area contributed by atoms with E-state index in [4.69, 9.17) is 4.74 Å². The molecule has 0 unspecified atom stereocenters. The second kappa shape index (κ2) is 6.33. The number of carbonyl (C=O) groups excluding carboxylic acids is 1. The van der Waals surface area contributed by atoms with E-state index < -0.39 is 12.3 Å². The molecule has 0 bridgehead atoms. The van der Waals surface area contributed by atoms with Crippen LogP contribution in [0.3, 0.4) is 0 Å². The third-order valence-corrected chi connectivity index (χ3v) is 2.38. The minimum absolute atomic E-state index is 0.160. The van der Waals surface area contributed by atoms with Gasteiger partial charge in [0.2, 0.25) is 0 Å². The average Bonchev–Trinajstić information content (AvgIpc) is 2.30. The Morgan fingerprint density at radius 1 is 1.29 bits per heavy atom. The molecule has 17 heavy (non-hydrogen) atoms. The molecule has 0 atom stereocenters. The molecular weight excluding hydrogens is 226 g/mol. The highest BCUT2D eigenvalue weighted by atomic mass is 19.3. The van der Waals surface area contributed by atoms with Crippen LogP contribution < -0.4 is 4.74 Å². The van der Waals surface area contributed by atoms with Crippen LogP contribution in [0.25, 0.3) is 0 Å². The fraction of sp³-hybridized carbons (Fsp3) is 0.462. The highest BCUT2D eigenvalue weighted by Gasteiger charge is 2.30. The summed E-state index contributed by atoms with van der Waals surface area (Å²) in [6.45, 7) is 2.63. The van der Waals surface area contributed by atoms with Crippen LogP contribution in [0.1, 0.15) is 31.7 Å². The van der Waals surface area contributed by atoms with Gasteiger partial charge in [0.1, 0.15) is 12.0 Å². The second-order valence-corrected chi connectivity index (χ2v) is 3.80. The van der Waals surface area contributed by atoms with Gasteiger partial charge >= 0.3 is 0 Å². The number of alkyl halides is 2. The Bertz CT molecular complexity index is 347. The zero-order valence-electron chi connectivity index (χ0n) is 9.79. The van der Waals surface area contributed by atoms with Crippen molar-refractivity contribution >= 4 is 6.29 Å². The first kappa shape index (κ1) is 13.6. The van der Waals surface area contributed by atoms with E-state index in [0.29, 0.717) is 12.4 Å². The Morgan fingerprint density at radius 3 is 2.47 bits per heavy atom. The summed E-state index contributed by atoms with van der Waals surface area (Å²) in [5.41, 5.74) is -0.160. The van der Waals surface area contributed by atoms with Crippen molar-refractivity contribution in [2.24, 2.45) is 0 Å². The number of benzene rings is 1. The molecule has 0 aromatic heterocycles. The maximum atomic E-state index is 13.3. The van der Waals surface area contributed by atoms with Crippen molar-refractivity contribution < 1.29 is 18.3 Å². The average molecular weight is 242 g/mol. The minimum Gasteiger partial charge on any atom is -0.494 e. The van der Waals surface area contributed by atoms with Crippen LogP contribution >= 0.6 is 0 Å². The van der Waals surface area contributed by atoms with Crippen LogP contribution in [0.2, 0.25) is 0 Å². The summed E-state index contributed by atoms with van der Waals surface area (Å²) in [5.74, 6) is -2.52. The molecule has 0 saturated heterocycles. The van der Waals surface area contributed by atoms with Gasteiger partial charge in [0.25, 0.3) is 5.92 Å². The van der Waals surface area contributed by atoms with E-state index in [2.05, 4.69) is 0 Å². The molecule has 0 aliphatic heterocycles. The lowest BCUT2D eigenvalue weighted by molar-refractivity contribution is -0.115. The molecule has 0 aliphatic rings. The van der Waals surface area contributed by atoms with Crippen LogP contribution in [0.15, 0.2) is 24.3 Å². The molecule has 0 amide bonds. The lowest BCUT2D eigenvalue weighted by Crippen LogP contribution is -2.13. The van der Waals surface area contributed by atoms with Gasteiger partial charge in [0.05, 0.1) is 13.0 Å². The van der Waals surface area contributed by atoms with Gasteiger partial charge in [-0.05, 0) is 30.7 Å². The van der Waals surface area contributed by atoms with Crippen LogP contribution in [0, 0.1) is 0 Å². The Hall–Kier alpha value is -1.45. The fourth-order valence-corrected chi connectivity index (χ4v) is 1.35. The van der Waals surface area contributed by atoms with Gasteiger partial charge in [-0.15, -0.1) is 0 Å². The molecule has 0 spiro atoms. The van der Waals surface area contributed by atoms with E-state index in [9.17, 15) is 13.6 Å². The summed E-state index contributed by atoms with van der Waals surface area (Å²) >= 11 is 0. The monoisotopic (exact) mass is 242 g/mol. The second-order valence-electron chi connectivity index (χ2n) is 3.80. The maximum Gasteiger partial charge on any atom is 0.279 e. The van der Waals surface area contributed by atoms with E-state index in [1.807, 2.05) is 6.92 Å². The number of hydrogen-bond acceptors (Lipinski definition) is 2. The zero-order chi connectivity index (χ0) is 12.7. The molecule has 0 saturated carbocycles. The molecule has 1 aromatic carbocycles. The molecule has 94 valence electrons. The largest absolute Gasteiger partial charge is 0.494 e. The molecule has 0 heterocycles. The van der Waals surface area contributed by atoms with Crippen LogP contribution in [-0.2, 0) is 10.7 Å². The molecule has 0 aliphatic carbocycles. The maximum absolute atomic E-state index is 13.3. The molecule has 0 fully saturated rings. The van der Waals surface area contributed by atoms with E-state index in [0.717, 1.165) is 12.8 Å². The number of carbonyl (C=O) groups is 1. The van der Waals surface area contributed by atoms with Crippen molar-refractivity contribution in [1.82, 2.24) is 0 Å². The zero-order valence-corrected chi connectivity index (χ0v) is 9.79. The lowest BCUT2D eigenvalue weighted by atomic mass is 10.1. The van der Waals surface area contributed by atoms with Gasteiger partial charge in [-0.2, -0.15) is 0 Å². The van der Waals surface area contributed by atoms with Gasteiger partial charge in [0.15, 0.2) is 0 Å². The van der Waals surface area contributed by atoms with E-state index in [1.54, 1.807) is 0 Å². The third kappa shape index (κ3) is 4.13. The van der Waals surface area contributed by atoms with Crippen LogP contribution in [0.4, 0.5) is 8.78 Å². The Labute approximate surface area is 99.6 Å². The third-order valence-electron chi connectivity index (χ3n) is 2.38. The fourth-order valence-electron chi connectivity index (χ4n) is 1.35. The standard InChI is InChI=1S/C13H16F2O2/c1-2-3-10-17-12-6-4-11(5-7-12)13(14,15)8-9-16/h4-7,9H,2-3,8,10H2,1H3. The molecule has 2 nitrogen and oxygen atoms in total. The van der Waals surface area contributed by atoms with Crippen LogP contribution in [0.5, 0.6) is 5.75 Å². The predicted octanol–water partition coefficient (Wildman–Crippen LogP) is 3.55. The summed E-state index contributed by atoms with van der Waals surface area (Å²) in [5, 5.41) is 0. The first-order valence-corrected chi connectivity index (χ1v) is 5.65. The summed E-state index contributed by atoms with van der Waals surface area (Å²) in [4.78, 5) is 10.1. The number of ether oxygens (including phenoxy) is 1. The molecular formula is C13H16F2O2. The molecule has 1 rings (SSSR count). The van der Waals surface area contributed by atoms with Crippen molar-refractivity contribution in [3.63, 3.8) is 0 Å². The van der Waals surface area contributed by atoms with Crippen molar-refractivity contribution in [3.05, 3.63) is 29.8 Å². The van der Waals surface area contributed by atoms with Gasteiger partial charge in [-0.3, -0.25) is 0 Å². The highest BCUT2D eigenvalue weighted by Crippen LogP contribution is 2.31. The SMILES string of the molecule is CCCCOc1ccc(C(F)(F)CC=O)cc1. The molecule has 4 heteroatoms. The summed E-state index contributed by atoms with van der Waals surface area (Å²) in [6.07, 6.45) is 1.40. The van der Waals surface area contributed by atoms with Crippen LogP contribution in [-0.4, -0.2) is 12.9 Å². The summed E-state index contributed by atoms with van der Waals surface area (Å²) in [6, 6.07) is 5.60. The van der Waals surface area contributed by atoms with E-state index in [1.165, 1.54) is 24.3 Å². The molecule has 1 aromatic rings. The molecule has 0 radical (unpaired) electrons. The van der Waals surface area contributed by atoms with E-state index >= 15 is 0 Å². The van der Waals surface area contributed by atoms with Crippen molar-refractivity contribution in [3.8, 4) is 5.75 Å². The number of halogens is 2. The number of aldehydes is 1. The lowest BCUT2D eigenvalue weighted by Gasteiger charge is -2.14. The summed E-state index contributed by atoms with van der Waals surface area (Å²) in [7, 11) is 0. The quantitative estimate of drug-likeness (QED) is 0.540. The van der Waals surface area contributed by atoms with Gasteiger partial charge in [0, 0.05) is 5.56 Å². The highest BCUT2D eigenvalue weighted by molar-refractivity contribution is 5.52. The smallest absolute Gasteiger partial charge is 0.279 e. The molecule has 0 N–H and O–H groups in total. The number of hydrogen-bond donors (Lipinski definition) is 0. The number of unbranched alkanes of at least 4 members (excludes halogenated alkanes) is 1. The Kier molecular flexibility index (Phi) is 5.07. The summed E-state index contributed by atoms with van der Waals surface area (Å²) < 4.78 is 32.0. The van der Waals surface area contributed by atoms with Crippen molar-refractivity contribution in [2.75, 3.05) is 6.61 Å². The predicted molar refractivity (Wildman–Crippen MR) is 61.4 cm³/mol. The Morgan fingerprint density at radius 2 is 1.94 bits per heavy atom. The van der Waals surface area contributed by atoms with Gasteiger partial charge in [-0.1, -0.05) is 13.3 Å². The number of rotatable bonds is 7. The first-order chi connectivity index (χ1) is 8.10.